The molecule has 2 aromatic rings. The summed E-state index contributed by atoms with van der Waals surface area (Å²) >= 11 is 0. The van der Waals surface area contributed by atoms with Gasteiger partial charge < -0.3 is 5.32 Å². The second-order valence-corrected chi connectivity index (χ2v) is 5.60. The highest BCUT2D eigenvalue weighted by Crippen LogP contribution is 2.39. The molecule has 1 saturated carbocycles. The molecule has 1 aliphatic carbocycles. The molecule has 0 spiro atoms. The van der Waals surface area contributed by atoms with Gasteiger partial charge in [0.15, 0.2) is 0 Å². The van der Waals surface area contributed by atoms with Crippen LogP contribution in [-0.2, 0) is 6.42 Å². The molecule has 0 bridgehead atoms. The molecule has 0 aliphatic heterocycles. The van der Waals surface area contributed by atoms with Crippen molar-refractivity contribution in [1.29, 1.82) is 0 Å². The largest absolute Gasteiger partial charge is 0.370 e. The molecule has 0 amide bonds. The Labute approximate surface area is 124 Å². The van der Waals surface area contributed by atoms with E-state index in [1.165, 1.54) is 25.0 Å². The third-order valence-corrected chi connectivity index (χ3v) is 3.62. The monoisotopic (exact) mass is 285 g/mol. The van der Waals surface area contributed by atoms with Gasteiger partial charge in [-0.3, -0.25) is 0 Å². The summed E-state index contributed by atoms with van der Waals surface area (Å²) in [6.07, 6.45) is 4.15. The molecule has 3 rings (SSSR count). The van der Waals surface area contributed by atoms with Gasteiger partial charge in [0.1, 0.15) is 17.5 Å². The lowest BCUT2D eigenvalue weighted by Gasteiger charge is -2.09. The van der Waals surface area contributed by atoms with Crippen molar-refractivity contribution in [2.75, 3.05) is 11.9 Å². The van der Waals surface area contributed by atoms with Gasteiger partial charge in [0.25, 0.3) is 0 Å². The summed E-state index contributed by atoms with van der Waals surface area (Å²) in [6, 6.07) is 8.62. The average molecular weight is 285 g/mol. The molecule has 1 aromatic carbocycles. The summed E-state index contributed by atoms with van der Waals surface area (Å²) in [5.74, 6) is 2.11. The van der Waals surface area contributed by atoms with Crippen LogP contribution in [0.5, 0.6) is 0 Å². The quantitative estimate of drug-likeness (QED) is 0.874. The summed E-state index contributed by atoms with van der Waals surface area (Å²) in [4.78, 5) is 9.26. The summed E-state index contributed by atoms with van der Waals surface area (Å²) < 4.78 is 13.0. The minimum Gasteiger partial charge on any atom is -0.370 e. The van der Waals surface area contributed by atoms with E-state index in [1.807, 2.05) is 0 Å². The minimum atomic E-state index is -0.211. The van der Waals surface area contributed by atoms with E-state index in [4.69, 9.17) is 0 Å². The van der Waals surface area contributed by atoms with E-state index in [9.17, 15) is 4.39 Å². The molecule has 110 valence electrons. The molecule has 1 N–H and O–H groups in total. The second-order valence-electron chi connectivity index (χ2n) is 5.60. The van der Waals surface area contributed by atoms with Crippen molar-refractivity contribution in [3.63, 3.8) is 0 Å². The fraction of sp³-hybridized carbons (Fsp3) is 0.412. The van der Waals surface area contributed by atoms with Gasteiger partial charge in [-0.15, -0.1) is 0 Å². The van der Waals surface area contributed by atoms with Gasteiger partial charge >= 0.3 is 0 Å². The van der Waals surface area contributed by atoms with Crippen LogP contribution in [0.15, 0.2) is 30.3 Å². The first-order valence-electron chi connectivity index (χ1n) is 7.61. The molecule has 1 aromatic heterocycles. The molecule has 4 heteroatoms. The topological polar surface area (TPSA) is 37.8 Å². The molecule has 1 heterocycles. The third-order valence-electron chi connectivity index (χ3n) is 3.62. The van der Waals surface area contributed by atoms with Crippen molar-refractivity contribution in [3.05, 3.63) is 53.2 Å². The average Bonchev–Trinajstić information content (AvgIpc) is 3.32. The second kappa shape index (κ2) is 6.20. The van der Waals surface area contributed by atoms with Crippen LogP contribution in [0.25, 0.3) is 0 Å². The van der Waals surface area contributed by atoms with E-state index in [0.29, 0.717) is 12.3 Å². The lowest BCUT2D eigenvalue weighted by atomic mass is 10.1. The standard InChI is InChI=1S/C17H20FN3/c1-2-9-19-16-11-15(13-5-6-13)20-17(21-16)10-12-3-7-14(18)8-4-12/h3-4,7-8,11,13H,2,5-6,9-10H2,1H3,(H,19,20,21). The molecule has 0 atom stereocenters. The highest BCUT2D eigenvalue weighted by Gasteiger charge is 2.26. The Bertz CT molecular complexity index is 606. The number of anilines is 1. The number of rotatable bonds is 6. The van der Waals surface area contributed by atoms with Crippen LogP contribution in [0.2, 0.25) is 0 Å². The van der Waals surface area contributed by atoms with Crippen LogP contribution >= 0.6 is 0 Å². The van der Waals surface area contributed by atoms with Crippen molar-refractivity contribution in [2.24, 2.45) is 0 Å². The molecular weight excluding hydrogens is 265 g/mol. The number of aromatic nitrogens is 2. The number of benzene rings is 1. The van der Waals surface area contributed by atoms with Crippen molar-refractivity contribution in [3.8, 4) is 0 Å². The normalized spacial score (nSPS) is 14.2. The van der Waals surface area contributed by atoms with Gasteiger partial charge in [0.2, 0.25) is 0 Å². The molecule has 0 saturated heterocycles. The number of hydrogen-bond donors (Lipinski definition) is 1. The maximum Gasteiger partial charge on any atom is 0.135 e. The van der Waals surface area contributed by atoms with Crippen molar-refractivity contribution < 1.29 is 4.39 Å². The molecule has 3 nitrogen and oxygen atoms in total. The fourth-order valence-electron chi connectivity index (χ4n) is 2.31. The summed E-state index contributed by atoms with van der Waals surface area (Å²) in [5.41, 5.74) is 2.17. The molecule has 1 aliphatic rings. The molecule has 0 radical (unpaired) electrons. The summed E-state index contributed by atoms with van der Waals surface area (Å²) in [6.45, 7) is 3.05. The smallest absolute Gasteiger partial charge is 0.135 e. The van der Waals surface area contributed by atoms with Crippen LogP contribution in [-0.4, -0.2) is 16.5 Å². The van der Waals surface area contributed by atoms with E-state index in [2.05, 4.69) is 28.3 Å². The first-order chi connectivity index (χ1) is 10.2. The van der Waals surface area contributed by atoms with Crippen LogP contribution in [0.4, 0.5) is 10.2 Å². The van der Waals surface area contributed by atoms with Gasteiger partial charge in [-0.2, -0.15) is 0 Å². The maximum absolute atomic E-state index is 13.0. The number of nitrogens with zero attached hydrogens (tertiary/aromatic N) is 2. The number of halogens is 1. The predicted octanol–water partition coefficient (Wildman–Crippen LogP) is 3.91. The number of nitrogens with one attached hydrogen (secondary N) is 1. The Kier molecular flexibility index (Phi) is 4.13. The van der Waals surface area contributed by atoms with E-state index in [0.717, 1.165) is 35.9 Å². The third kappa shape index (κ3) is 3.78. The van der Waals surface area contributed by atoms with E-state index >= 15 is 0 Å². The Balaban J connectivity index is 1.82. The van der Waals surface area contributed by atoms with Crippen molar-refractivity contribution in [1.82, 2.24) is 9.97 Å². The minimum absolute atomic E-state index is 0.211. The SMILES string of the molecule is CCCNc1cc(C2CC2)nc(Cc2ccc(F)cc2)n1. The van der Waals surface area contributed by atoms with E-state index in [1.54, 1.807) is 12.1 Å². The van der Waals surface area contributed by atoms with Crippen LogP contribution in [0.1, 0.15) is 49.2 Å². The lowest BCUT2D eigenvalue weighted by molar-refractivity contribution is 0.627. The van der Waals surface area contributed by atoms with Crippen LogP contribution in [0.3, 0.4) is 0 Å². The predicted molar refractivity (Wildman–Crippen MR) is 82.0 cm³/mol. The Morgan fingerprint density at radius 2 is 1.95 bits per heavy atom. The van der Waals surface area contributed by atoms with Gasteiger partial charge in [-0.05, 0) is 37.0 Å². The molecule has 0 unspecified atom stereocenters. The van der Waals surface area contributed by atoms with Crippen molar-refractivity contribution in [2.45, 2.75) is 38.5 Å². The highest BCUT2D eigenvalue weighted by molar-refractivity contribution is 5.38. The summed E-state index contributed by atoms with van der Waals surface area (Å²) in [7, 11) is 0. The molecule has 1 fully saturated rings. The zero-order valence-electron chi connectivity index (χ0n) is 12.3. The summed E-state index contributed by atoms with van der Waals surface area (Å²) in [5, 5.41) is 3.34. The van der Waals surface area contributed by atoms with Gasteiger partial charge in [-0.25, -0.2) is 14.4 Å². The zero-order chi connectivity index (χ0) is 14.7. The van der Waals surface area contributed by atoms with Gasteiger partial charge in [0, 0.05) is 30.6 Å². The molecule has 21 heavy (non-hydrogen) atoms. The Morgan fingerprint density at radius 1 is 1.19 bits per heavy atom. The van der Waals surface area contributed by atoms with Crippen LogP contribution < -0.4 is 5.32 Å². The number of hydrogen-bond acceptors (Lipinski definition) is 3. The zero-order valence-corrected chi connectivity index (χ0v) is 12.3. The fourth-order valence-corrected chi connectivity index (χ4v) is 2.31. The Morgan fingerprint density at radius 3 is 2.62 bits per heavy atom. The lowest BCUT2D eigenvalue weighted by Crippen LogP contribution is -2.07. The van der Waals surface area contributed by atoms with E-state index < -0.39 is 0 Å². The molecular formula is C17H20FN3. The van der Waals surface area contributed by atoms with Gasteiger partial charge in [0.05, 0.1) is 0 Å². The van der Waals surface area contributed by atoms with Crippen LogP contribution in [0, 0.1) is 5.82 Å². The van der Waals surface area contributed by atoms with Crippen molar-refractivity contribution >= 4 is 5.82 Å². The Hall–Kier alpha value is -1.97. The first-order valence-corrected chi connectivity index (χ1v) is 7.61. The maximum atomic E-state index is 13.0. The first kappa shape index (κ1) is 14.0. The van der Waals surface area contributed by atoms with E-state index in [-0.39, 0.29) is 5.82 Å². The van der Waals surface area contributed by atoms with Gasteiger partial charge in [-0.1, -0.05) is 19.1 Å². The highest BCUT2D eigenvalue weighted by atomic mass is 19.1.